The molecule has 2 nitrogen and oxygen atoms in total. The van der Waals surface area contributed by atoms with Crippen LogP contribution in [-0.4, -0.2) is 23.4 Å². The maximum Gasteiger partial charge on any atom is 0.0468 e. The minimum Gasteiger partial charge on any atom is -0.396 e. The molecule has 0 heterocycles. The number of aliphatic hydroxyl groups is 2. The summed E-state index contributed by atoms with van der Waals surface area (Å²) in [4.78, 5) is 0. The normalized spacial score (nSPS) is 12.4. The third-order valence-corrected chi connectivity index (χ3v) is 2.81. The molecular weight excluding hydrogens is 200 g/mol. The molecule has 16 heavy (non-hydrogen) atoms. The molecule has 0 aliphatic heterocycles. The van der Waals surface area contributed by atoms with Crippen LogP contribution >= 0.6 is 0 Å². The molecule has 0 amide bonds. The number of benzene rings is 1. The van der Waals surface area contributed by atoms with Gasteiger partial charge >= 0.3 is 0 Å². The molecule has 1 aromatic rings. The second-order valence-corrected chi connectivity index (χ2v) is 4.03. The summed E-state index contributed by atoms with van der Waals surface area (Å²) >= 11 is 0. The molecule has 0 aliphatic rings. The highest BCUT2D eigenvalue weighted by Crippen LogP contribution is 2.21. The quantitative estimate of drug-likeness (QED) is 0.691. The van der Waals surface area contributed by atoms with Crippen LogP contribution in [0.1, 0.15) is 18.4 Å². The van der Waals surface area contributed by atoms with Gasteiger partial charge in [-0.25, -0.2) is 0 Å². The topological polar surface area (TPSA) is 40.5 Å². The Morgan fingerprint density at radius 2 is 1.81 bits per heavy atom. The zero-order valence-corrected chi connectivity index (χ0v) is 9.60. The van der Waals surface area contributed by atoms with Gasteiger partial charge in [0.1, 0.15) is 0 Å². The summed E-state index contributed by atoms with van der Waals surface area (Å²) in [5.74, 6) is 0.263. The monoisotopic (exact) mass is 220 g/mol. The van der Waals surface area contributed by atoms with Gasteiger partial charge in [0.25, 0.3) is 0 Å². The van der Waals surface area contributed by atoms with Crippen molar-refractivity contribution in [2.45, 2.75) is 19.3 Å². The maximum absolute atomic E-state index is 9.03. The molecule has 0 radical (unpaired) electrons. The molecule has 1 rings (SSSR count). The van der Waals surface area contributed by atoms with Gasteiger partial charge in [0.2, 0.25) is 0 Å². The molecule has 0 bridgehead atoms. The average molecular weight is 220 g/mol. The Morgan fingerprint density at radius 3 is 2.38 bits per heavy atom. The van der Waals surface area contributed by atoms with Crippen LogP contribution in [0.15, 0.2) is 42.5 Å². The Bertz CT molecular complexity index is 306. The number of hydrogen-bond acceptors (Lipinski definition) is 2. The van der Waals surface area contributed by atoms with Crippen LogP contribution in [0.3, 0.4) is 0 Å². The fourth-order valence-electron chi connectivity index (χ4n) is 1.85. The van der Waals surface area contributed by atoms with Crippen LogP contribution in [0.5, 0.6) is 0 Å². The second kappa shape index (κ2) is 7.20. The van der Waals surface area contributed by atoms with Gasteiger partial charge < -0.3 is 10.2 Å². The van der Waals surface area contributed by atoms with Crippen LogP contribution in [-0.2, 0) is 6.42 Å². The Hall–Kier alpha value is -1.12. The van der Waals surface area contributed by atoms with Gasteiger partial charge in [-0.15, -0.1) is 0 Å². The minimum atomic E-state index is 0.134. The molecule has 0 fully saturated rings. The molecule has 1 atom stereocenters. The summed E-state index contributed by atoms with van der Waals surface area (Å²) in [5, 5.41) is 17.9. The summed E-state index contributed by atoms with van der Waals surface area (Å²) < 4.78 is 0. The van der Waals surface area contributed by atoms with Crippen LogP contribution in [0.25, 0.3) is 0 Å². The summed E-state index contributed by atoms with van der Waals surface area (Å²) in [6.45, 7) is 4.29. The van der Waals surface area contributed by atoms with E-state index in [-0.39, 0.29) is 19.1 Å². The lowest BCUT2D eigenvalue weighted by Gasteiger charge is -2.18. The number of rotatable bonds is 7. The van der Waals surface area contributed by atoms with Gasteiger partial charge in [0.15, 0.2) is 0 Å². The Morgan fingerprint density at radius 1 is 1.12 bits per heavy atom. The van der Waals surface area contributed by atoms with Gasteiger partial charge in [-0.3, -0.25) is 0 Å². The van der Waals surface area contributed by atoms with Crippen molar-refractivity contribution < 1.29 is 10.2 Å². The molecule has 88 valence electrons. The van der Waals surface area contributed by atoms with E-state index in [0.717, 1.165) is 12.0 Å². The van der Waals surface area contributed by atoms with Crippen LogP contribution < -0.4 is 0 Å². The van der Waals surface area contributed by atoms with Crippen molar-refractivity contribution >= 4 is 0 Å². The van der Waals surface area contributed by atoms with E-state index in [9.17, 15) is 0 Å². The number of hydrogen-bond donors (Lipinski definition) is 2. The van der Waals surface area contributed by atoms with Gasteiger partial charge in [0, 0.05) is 13.2 Å². The van der Waals surface area contributed by atoms with Gasteiger partial charge in [-0.05, 0) is 30.7 Å². The van der Waals surface area contributed by atoms with Crippen LogP contribution in [0.2, 0.25) is 0 Å². The van der Waals surface area contributed by atoms with E-state index in [1.54, 1.807) is 0 Å². The minimum absolute atomic E-state index is 0.134. The van der Waals surface area contributed by atoms with E-state index >= 15 is 0 Å². The fraction of sp³-hybridized carbons (Fsp3) is 0.429. The lowest BCUT2D eigenvalue weighted by atomic mass is 9.88. The Balaban J connectivity index is 2.60. The molecule has 2 heteroatoms. The van der Waals surface area contributed by atoms with Crippen molar-refractivity contribution in [1.29, 1.82) is 0 Å². The third-order valence-electron chi connectivity index (χ3n) is 2.81. The van der Waals surface area contributed by atoms with Crippen LogP contribution in [0.4, 0.5) is 0 Å². The van der Waals surface area contributed by atoms with Crippen molar-refractivity contribution in [3.63, 3.8) is 0 Å². The predicted octanol–water partition coefficient (Wildman–Crippen LogP) is 2.17. The highest BCUT2D eigenvalue weighted by atomic mass is 16.3. The second-order valence-electron chi connectivity index (χ2n) is 4.03. The van der Waals surface area contributed by atoms with Crippen LogP contribution in [0, 0.1) is 5.92 Å². The van der Waals surface area contributed by atoms with E-state index in [4.69, 9.17) is 10.2 Å². The molecule has 0 aliphatic carbocycles. The van der Waals surface area contributed by atoms with Crippen molar-refractivity contribution in [3.05, 3.63) is 48.0 Å². The molecule has 0 spiro atoms. The van der Waals surface area contributed by atoms with Crippen molar-refractivity contribution in [2.75, 3.05) is 13.2 Å². The average Bonchev–Trinajstić information content (AvgIpc) is 2.30. The van der Waals surface area contributed by atoms with Gasteiger partial charge in [-0.1, -0.05) is 42.5 Å². The van der Waals surface area contributed by atoms with Crippen molar-refractivity contribution in [2.24, 2.45) is 5.92 Å². The van der Waals surface area contributed by atoms with Gasteiger partial charge in [0.05, 0.1) is 0 Å². The summed E-state index contributed by atoms with van der Waals surface area (Å²) in [7, 11) is 0. The summed E-state index contributed by atoms with van der Waals surface area (Å²) in [6.07, 6.45) is 2.23. The Kier molecular flexibility index (Phi) is 5.83. The largest absolute Gasteiger partial charge is 0.396 e. The van der Waals surface area contributed by atoms with E-state index < -0.39 is 0 Å². The first kappa shape index (κ1) is 12.9. The van der Waals surface area contributed by atoms with Gasteiger partial charge in [-0.2, -0.15) is 0 Å². The Labute approximate surface area is 97.2 Å². The first-order valence-electron chi connectivity index (χ1n) is 5.71. The molecule has 0 aromatic heterocycles. The first-order valence-corrected chi connectivity index (χ1v) is 5.71. The van der Waals surface area contributed by atoms with E-state index in [1.165, 1.54) is 5.56 Å². The van der Waals surface area contributed by atoms with E-state index in [2.05, 4.69) is 18.7 Å². The highest BCUT2D eigenvalue weighted by Gasteiger charge is 2.12. The zero-order chi connectivity index (χ0) is 11.8. The fourth-order valence-corrected chi connectivity index (χ4v) is 1.85. The zero-order valence-electron chi connectivity index (χ0n) is 9.60. The molecule has 0 saturated carbocycles. The summed E-state index contributed by atoms with van der Waals surface area (Å²) in [5.41, 5.74) is 2.28. The first-order chi connectivity index (χ1) is 7.77. The molecule has 1 unspecified atom stereocenters. The van der Waals surface area contributed by atoms with E-state index in [0.29, 0.717) is 12.8 Å². The smallest absolute Gasteiger partial charge is 0.0468 e. The third kappa shape index (κ3) is 4.17. The maximum atomic E-state index is 9.03. The molecular formula is C14H20O2. The predicted molar refractivity (Wildman–Crippen MR) is 66.2 cm³/mol. The van der Waals surface area contributed by atoms with E-state index in [1.807, 2.05) is 18.2 Å². The SMILES string of the molecule is C=C(CCO)C(CCO)Cc1ccccc1. The molecule has 0 saturated heterocycles. The van der Waals surface area contributed by atoms with Crippen molar-refractivity contribution in [1.82, 2.24) is 0 Å². The molecule has 2 N–H and O–H groups in total. The number of aliphatic hydroxyl groups excluding tert-OH is 2. The van der Waals surface area contributed by atoms with Crippen molar-refractivity contribution in [3.8, 4) is 0 Å². The molecule has 1 aromatic carbocycles. The standard InChI is InChI=1S/C14H20O2/c1-12(7-9-15)14(8-10-16)11-13-5-3-2-4-6-13/h2-6,14-16H,1,7-11H2. The highest BCUT2D eigenvalue weighted by molar-refractivity contribution is 5.17. The lowest BCUT2D eigenvalue weighted by Crippen LogP contribution is -2.10. The lowest BCUT2D eigenvalue weighted by molar-refractivity contribution is 0.257. The summed E-state index contributed by atoms with van der Waals surface area (Å²) in [6, 6.07) is 10.2.